The van der Waals surface area contributed by atoms with Crippen LogP contribution in [0.1, 0.15) is 22.9 Å². The molecule has 9 nitrogen and oxygen atoms in total. The molecule has 0 amide bonds. The lowest BCUT2D eigenvalue weighted by Crippen LogP contribution is -2.25. The van der Waals surface area contributed by atoms with E-state index >= 15 is 0 Å². The van der Waals surface area contributed by atoms with E-state index < -0.39 is 0 Å². The second kappa shape index (κ2) is 7.08. The summed E-state index contributed by atoms with van der Waals surface area (Å²) in [6.07, 6.45) is 0. The minimum atomic E-state index is -0.339. The van der Waals surface area contributed by atoms with Crippen molar-refractivity contribution in [2.24, 2.45) is 0 Å². The number of oxazole rings is 1. The van der Waals surface area contributed by atoms with Crippen LogP contribution < -0.4 is 15.0 Å². The lowest BCUT2D eigenvalue weighted by atomic mass is 10.2. The zero-order chi connectivity index (χ0) is 20.7. The van der Waals surface area contributed by atoms with Gasteiger partial charge in [0.2, 0.25) is 5.89 Å². The number of benzene rings is 1. The number of aromatic nitrogens is 4. The highest BCUT2D eigenvalue weighted by molar-refractivity contribution is 5.81. The Morgan fingerprint density at radius 1 is 1.10 bits per heavy atom. The summed E-state index contributed by atoms with van der Waals surface area (Å²) in [5.41, 5.74) is 1.85. The first-order valence-corrected chi connectivity index (χ1v) is 8.95. The Bertz CT molecular complexity index is 1270. The smallest absolute Gasteiger partial charge is 0.297 e. The largest absolute Gasteiger partial charge is 0.497 e. The Balaban J connectivity index is 1.74. The van der Waals surface area contributed by atoms with E-state index in [1.807, 2.05) is 13.0 Å². The van der Waals surface area contributed by atoms with Crippen LogP contribution in [0.15, 0.2) is 31.9 Å². The molecule has 150 valence electrons. The Labute approximate surface area is 165 Å². The van der Waals surface area contributed by atoms with E-state index in [1.165, 1.54) is 4.68 Å². The van der Waals surface area contributed by atoms with Gasteiger partial charge in [0.15, 0.2) is 5.52 Å². The number of hydrogen-bond acceptors (Lipinski definition) is 8. The van der Waals surface area contributed by atoms with Crippen molar-refractivity contribution < 1.29 is 18.4 Å². The predicted molar refractivity (Wildman–Crippen MR) is 104 cm³/mol. The lowest BCUT2D eigenvalue weighted by Gasteiger charge is -2.07. The summed E-state index contributed by atoms with van der Waals surface area (Å²) in [4.78, 5) is 17.3. The number of hydrogen-bond donors (Lipinski definition) is 0. The number of fused-ring (bicyclic) bond motifs is 1. The summed E-state index contributed by atoms with van der Waals surface area (Å²) >= 11 is 0. The van der Waals surface area contributed by atoms with Gasteiger partial charge in [-0.15, -0.1) is 0 Å². The molecule has 3 aromatic heterocycles. The molecule has 0 bridgehead atoms. The molecule has 1 aromatic carbocycles. The van der Waals surface area contributed by atoms with E-state index in [4.69, 9.17) is 18.4 Å². The van der Waals surface area contributed by atoms with Gasteiger partial charge in [0.05, 0.1) is 37.4 Å². The molecular formula is C20H20N4O5. The van der Waals surface area contributed by atoms with Gasteiger partial charge < -0.3 is 18.4 Å². The maximum absolute atomic E-state index is 12.7. The fourth-order valence-corrected chi connectivity index (χ4v) is 3.26. The standard InChI is InChI=1S/C20H20N4O5/c1-10-17-12(3)29-23-18(17)20(25)24(22-10)9-15-11(2)28-19(21-15)14-7-6-13(26-4)8-16(14)27-5/h6-8H,9H2,1-5H3. The van der Waals surface area contributed by atoms with Crippen molar-refractivity contribution >= 4 is 10.9 Å². The molecule has 0 saturated carbocycles. The zero-order valence-corrected chi connectivity index (χ0v) is 16.8. The molecule has 0 N–H and O–H groups in total. The van der Waals surface area contributed by atoms with Crippen molar-refractivity contribution in [3.05, 3.63) is 51.5 Å². The third kappa shape index (κ3) is 3.14. The summed E-state index contributed by atoms with van der Waals surface area (Å²) in [7, 11) is 3.15. The van der Waals surface area contributed by atoms with Crippen LogP contribution in [-0.2, 0) is 6.54 Å². The van der Waals surface area contributed by atoms with Crippen LogP contribution in [0, 0.1) is 20.8 Å². The van der Waals surface area contributed by atoms with Gasteiger partial charge in [0.1, 0.15) is 28.7 Å². The van der Waals surface area contributed by atoms with Crippen LogP contribution in [-0.4, -0.2) is 34.1 Å². The molecule has 0 unspecified atom stereocenters. The van der Waals surface area contributed by atoms with E-state index in [2.05, 4.69) is 15.2 Å². The number of nitrogens with zero attached hydrogens (tertiary/aromatic N) is 4. The maximum atomic E-state index is 12.7. The molecule has 0 spiro atoms. The molecule has 0 aliphatic rings. The van der Waals surface area contributed by atoms with Crippen molar-refractivity contribution in [3.63, 3.8) is 0 Å². The first kappa shape index (κ1) is 18.7. The van der Waals surface area contributed by atoms with Crippen LogP contribution in [0.2, 0.25) is 0 Å². The summed E-state index contributed by atoms with van der Waals surface area (Å²) in [5.74, 6) is 2.78. The monoisotopic (exact) mass is 396 g/mol. The molecule has 0 radical (unpaired) electrons. The molecule has 0 fully saturated rings. The maximum Gasteiger partial charge on any atom is 0.297 e. The Kier molecular flexibility index (Phi) is 4.57. The highest BCUT2D eigenvalue weighted by Gasteiger charge is 2.19. The molecule has 4 rings (SSSR count). The Hall–Kier alpha value is -3.62. The molecule has 3 heterocycles. The van der Waals surface area contributed by atoms with Crippen molar-refractivity contribution in [2.75, 3.05) is 14.2 Å². The summed E-state index contributed by atoms with van der Waals surface area (Å²) in [6.45, 7) is 5.50. The number of aryl methyl sites for hydroxylation is 3. The summed E-state index contributed by atoms with van der Waals surface area (Å²) < 4.78 is 23.0. The van der Waals surface area contributed by atoms with E-state index in [0.717, 1.165) is 0 Å². The third-order valence-corrected chi connectivity index (χ3v) is 4.76. The zero-order valence-electron chi connectivity index (χ0n) is 16.8. The minimum absolute atomic E-state index is 0.148. The van der Waals surface area contributed by atoms with Gasteiger partial charge in [0, 0.05) is 6.07 Å². The van der Waals surface area contributed by atoms with E-state index in [1.54, 1.807) is 40.2 Å². The average Bonchev–Trinajstić information content (AvgIpc) is 3.28. The van der Waals surface area contributed by atoms with Gasteiger partial charge >= 0.3 is 0 Å². The van der Waals surface area contributed by atoms with Crippen molar-refractivity contribution in [1.82, 2.24) is 19.9 Å². The fraction of sp³-hybridized carbons (Fsp3) is 0.300. The third-order valence-electron chi connectivity index (χ3n) is 4.76. The van der Waals surface area contributed by atoms with Crippen molar-refractivity contribution in [1.29, 1.82) is 0 Å². The Morgan fingerprint density at radius 2 is 1.90 bits per heavy atom. The van der Waals surface area contributed by atoms with E-state index in [0.29, 0.717) is 51.2 Å². The molecule has 4 aromatic rings. The molecule has 0 aliphatic carbocycles. The summed E-state index contributed by atoms with van der Waals surface area (Å²) in [6, 6.07) is 5.36. The molecule has 9 heteroatoms. The van der Waals surface area contributed by atoms with Crippen LogP contribution >= 0.6 is 0 Å². The van der Waals surface area contributed by atoms with Gasteiger partial charge in [-0.3, -0.25) is 4.79 Å². The first-order valence-electron chi connectivity index (χ1n) is 8.95. The second-order valence-corrected chi connectivity index (χ2v) is 6.60. The predicted octanol–water partition coefficient (Wildman–Crippen LogP) is 3.03. The highest BCUT2D eigenvalue weighted by atomic mass is 16.5. The summed E-state index contributed by atoms with van der Waals surface area (Å²) in [5, 5.41) is 8.91. The van der Waals surface area contributed by atoms with Crippen LogP contribution in [0.4, 0.5) is 0 Å². The molecule has 0 atom stereocenters. The average molecular weight is 396 g/mol. The van der Waals surface area contributed by atoms with Crippen LogP contribution in [0.3, 0.4) is 0 Å². The Morgan fingerprint density at radius 3 is 2.62 bits per heavy atom. The quantitative estimate of drug-likeness (QED) is 0.507. The van der Waals surface area contributed by atoms with Gasteiger partial charge in [-0.1, -0.05) is 5.16 Å². The minimum Gasteiger partial charge on any atom is -0.497 e. The molecular weight excluding hydrogens is 376 g/mol. The van der Waals surface area contributed by atoms with E-state index in [9.17, 15) is 4.79 Å². The van der Waals surface area contributed by atoms with Gasteiger partial charge in [-0.05, 0) is 32.9 Å². The van der Waals surface area contributed by atoms with Gasteiger partial charge in [-0.25, -0.2) is 9.67 Å². The molecule has 0 saturated heterocycles. The van der Waals surface area contributed by atoms with Crippen LogP contribution in [0.25, 0.3) is 22.4 Å². The lowest BCUT2D eigenvalue weighted by molar-refractivity contribution is 0.394. The normalized spacial score (nSPS) is 11.2. The SMILES string of the molecule is COc1ccc(-c2nc(Cn3nc(C)c4c(C)onc4c3=O)c(C)o2)c(OC)c1. The fourth-order valence-electron chi connectivity index (χ4n) is 3.26. The van der Waals surface area contributed by atoms with Crippen molar-refractivity contribution in [2.45, 2.75) is 27.3 Å². The van der Waals surface area contributed by atoms with Gasteiger partial charge in [0.25, 0.3) is 5.56 Å². The van der Waals surface area contributed by atoms with Crippen molar-refractivity contribution in [3.8, 4) is 23.0 Å². The van der Waals surface area contributed by atoms with Crippen LogP contribution in [0.5, 0.6) is 11.5 Å². The molecule has 29 heavy (non-hydrogen) atoms. The first-order chi connectivity index (χ1) is 13.9. The molecule has 0 aliphatic heterocycles. The highest BCUT2D eigenvalue weighted by Crippen LogP contribution is 2.33. The second-order valence-electron chi connectivity index (χ2n) is 6.60. The topological polar surface area (TPSA) is 105 Å². The van der Waals surface area contributed by atoms with Gasteiger partial charge in [-0.2, -0.15) is 5.10 Å². The number of rotatable bonds is 5. The number of ether oxygens (including phenoxy) is 2. The van der Waals surface area contributed by atoms with E-state index in [-0.39, 0.29) is 17.6 Å². The number of methoxy groups -OCH3 is 2.